The highest BCUT2D eigenvalue weighted by atomic mass is 16.6. The summed E-state index contributed by atoms with van der Waals surface area (Å²) in [5, 5.41) is 0. The third-order valence-electron chi connectivity index (χ3n) is 3.33. The number of ether oxygens (including phenoxy) is 2. The summed E-state index contributed by atoms with van der Waals surface area (Å²) >= 11 is 0. The number of methoxy groups -OCH3 is 1. The van der Waals surface area contributed by atoms with Gasteiger partial charge < -0.3 is 9.47 Å². The summed E-state index contributed by atoms with van der Waals surface area (Å²) in [6.07, 6.45) is 0.231. The molecule has 1 aromatic carbocycles. The highest BCUT2D eigenvalue weighted by molar-refractivity contribution is 5.43. The van der Waals surface area contributed by atoms with Crippen LogP contribution >= 0.6 is 0 Å². The molecule has 1 heterocycles. The molecule has 1 fully saturated rings. The van der Waals surface area contributed by atoms with Crippen molar-refractivity contribution in [2.75, 3.05) is 7.11 Å². The average molecular weight is 234 g/mol. The molecule has 1 saturated heterocycles. The van der Waals surface area contributed by atoms with E-state index in [1.54, 1.807) is 7.11 Å². The lowest BCUT2D eigenvalue weighted by Crippen LogP contribution is -2.13. The lowest BCUT2D eigenvalue weighted by Gasteiger charge is -2.22. The summed E-state index contributed by atoms with van der Waals surface area (Å²) in [5.41, 5.74) is 2.56. The summed E-state index contributed by atoms with van der Waals surface area (Å²) in [5.74, 6) is 0.958. The van der Waals surface area contributed by atoms with Gasteiger partial charge in [0.2, 0.25) is 0 Å². The summed E-state index contributed by atoms with van der Waals surface area (Å²) in [6, 6.07) is 6.37. The predicted octanol–water partition coefficient (Wildman–Crippen LogP) is 3.84. The predicted molar refractivity (Wildman–Crippen MR) is 69.6 cm³/mol. The second-order valence-corrected chi connectivity index (χ2v) is 6.31. The summed E-state index contributed by atoms with van der Waals surface area (Å²) in [6.45, 7) is 10.9. The normalized spacial score (nSPS) is 22.4. The van der Waals surface area contributed by atoms with Crippen molar-refractivity contribution in [1.82, 2.24) is 0 Å². The number of hydrogen-bond acceptors (Lipinski definition) is 2. The number of hydrogen-bond donors (Lipinski definition) is 0. The van der Waals surface area contributed by atoms with E-state index in [1.807, 2.05) is 6.07 Å². The zero-order chi connectivity index (χ0) is 12.8. The molecule has 94 valence electrons. The van der Waals surface area contributed by atoms with E-state index in [1.165, 1.54) is 11.1 Å². The molecule has 2 nitrogen and oxygen atoms in total. The first-order chi connectivity index (χ1) is 7.75. The van der Waals surface area contributed by atoms with Crippen molar-refractivity contribution < 1.29 is 9.47 Å². The Balaban J connectivity index is 2.40. The van der Waals surface area contributed by atoms with Gasteiger partial charge in [-0.25, -0.2) is 0 Å². The van der Waals surface area contributed by atoms with E-state index in [0.717, 1.165) is 5.75 Å². The van der Waals surface area contributed by atoms with Gasteiger partial charge in [-0.15, -0.1) is 0 Å². The zero-order valence-corrected chi connectivity index (χ0v) is 11.6. The van der Waals surface area contributed by atoms with Crippen LogP contribution in [0.1, 0.15) is 51.8 Å². The van der Waals surface area contributed by atoms with Crippen LogP contribution in [0, 0.1) is 0 Å². The maximum Gasteiger partial charge on any atom is 0.122 e. The standard InChI is InChI=1S/C15H22O2/c1-14(2,3)11-9-10(7-8-12(11)16-6)13-15(4,5)17-13/h7-9,13H,1-6H3. The monoisotopic (exact) mass is 234 g/mol. The number of epoxide rings is 1. The van der Waals surface area contributed by atoms with Crippen molar-refractivity contribution in [3.63, 3.8) is 0 Å². The first-order valence-electron chi connectivity index (χ1n) is 6.12. The van der Waals surface area contributed by atoms with Crippen molar-refractivity contribution >= 4 is 0 Å². The third kappa shape index (κ3) is 2.32. The van der Waals surface area contributed by atoms with Gasteiger partial charge in [0, 0.05) is 0 Å². The van der Waals surface area contributed by atoms with Crippen LogP contribution in [-0.2, 0) is 10.2 Å². The van der Waals surface area contributed by atoms with Gasteiger partial charge in [-0.3, -0.25) is 0 Å². The van der Waals surface area contributed by atoms with Gasteiger partial charge in [0.25, 0.3) is 0 Å². The summed E-state index contributed by atoms with van der Waals surface area (Å²) < 4.78 is 11.1. The minimum absolute atomic E-state index is 0.0102. The van der Waals surface area contributed by atoms with E-state index in [4.69, 9.17) is 9.47 Å². The Hall–Kier alpha value is -1.02. The number of rotatable bonds is 2. The van der Waals surface area contributed by atoms with Crippen LogP contribution in [0.5, 0.6) is 5.75 Å². The molecule has 0 aromatic heterocycles. The smallest absolute Gasteiger partial charge is 0.122 e. The van der Waals surface area contributed by atoms with Gasteiger partial charge >= 0.3 is 0 Å². The van der Waals surface area contributed by atoms with E-state index < -0.39 is 0 Å². The first kappa shape index (κ1) is 12.4. The molecule has 1 unspecified atom stereocenters. The van der Waals surface area contributed by atoms with E-state index >= 15 is 0 Å². The first-order valence-corrected chi connectivity index (χ1v) is 6.12. The zero-order valence-electron chi connectivity index (χ0n) is 11.6. The molecular formula is C15H22O2. The minimum atomic E-state index is -0.0102. The van der Waals surface area contributed by atoms with Crippen molar-refractivity contribution in [3.05, 3.63) is 29.3 Å². The van der Waals surface area contributed by atoms with Gasteiger partial charge in [0.15, 0.2) is 0 Å². The fourth-order valence-corrected chi connectivity index (χ4v) is 2.21. The molecule has 1 aromatic rings. The van der Waals surface area contributed by atoms with Gasteiger partial charge in [0.1, 0.15) is 11.9 Å². The van der Waals surface area contributed by atoms with E-state index in [9.17, 15) is 0 Å². The summed E-state index contributed by atoms with van der Waals surface area (Å²) in [7, 11) is 1.72. The van der Waals surface area contributed by atoms with Gasteiger partial charge in [0.05, 0.1) is 12.7 Å². The highest BCUT2D eigenvalue weighted by Gasteiger charge is 2.49. The largest absolute Gasteiger partial charge is 0.496 e. The molecule has 0 spiro atoms. The van der Waals surface area contributed by atoms with Crippen LogP contribution in [0.15, 0.2) is 18.2 Å². The van der Waals surface area contributed by atoms with Crippen LogP contribution in [0.3, 0.4) is 0 Å². The third-order valence-corrected chi connectivity index (χ3v) is 3.33. The topological polar surface area (TPSA) is 21.8 Å². The van der Waals surface area contributed by atoms with Gasteiger partial charge in [-0.1, -0.05) is 26.8 Å². The Kier molecular flexibility index (Phi) is 2.74. The minimum Gasteiger partial charge on any atom is -0.496 e. The molecule has 1 aliphatic heterocycles. The molecule has 0 bridgehead atoms. The Morgan fingerprint density at radius 3 is 2.24 bits per heavy atom. The highest BCUT2D eigenvalue weighted by Crippen LogP contribution is 2.50. The maximum absolute atomic E-state index is 5.69. The fraction of sp³-hybridized carbons (Fsp3) is 0.600. The van der Waals surface area contributed by atoms with Crippen molar-refractivity contribution in [1.29, 1.82) is 0 Å². The van der Waals surface area contributed by atoms with E-state index in [0.29, 0.717) is 0 Å². The van der Waals surface area contributed by atoms with Crippen molar-refractivity contribution in [2.45, 2.75) is 51.7 Å². The van der Waals surface area contributed by atoms with Crippen LogP contribution in [-0.4, -0.2) is 12.7 Å². The fourth-order valence-electron chi connectivity index (χ4n) is 2.21. The number of benzene rings is 1. The Labute approximate surface area is 104 Å². The molecule has 1 atom stereocenters. The SMILES string of the molecule is COc1ccc(C2OC2(C)C)cc1C(C)(C)C. The Morgan fingerprint density at radius 2 is 1.82 bits per heavy atom. The average Bonchev–Trinajstić information content (AvgIpc) is 2.85. The Bertz CT molecular complexity index is 427. The molecular weight excluding hydrogens is 212 g/mol. The van der Waals surface area contributed by atoms with Crippen molar-refractivity contribution in [3.8, 4) is 5.75 Å². The lowest BCUT2D eigenvalue weighted by atomic mass is 9.84. The van der Waals surface area contributed by atoms with E-state index in [-0.39, 0.29) is 17.1 Å². The van der Waals surface area contributed by atoms with Gasteiger partial charge in [-0.05, 0) is 42.5 Å². The Morgan fingerprint density at radius 1 is 1.24 bits per heavy atom. The van der Waals surface area contributed by atoms with Crippen LogP contribution < -0.4 is 4.74 Å². The lowest BCUT2D eigenvalue weighted by molar-refractivity contribution is 0.325. The molecule has 2 heteroatoms. The second-order valence-electron chi connectivity index (χ2n) is 6.31. The summed E-state index contributed by atoms with van der Waals surface area (Å²) in [4.78, 5) is 0. The quantitative estimate of drug-likeness (QED) is 0.725. The van der Waals surface area contributed by atoms with Crippen LogP contribution in [0.2, 0.25) is 0 Å². The molecule has 0 amide bonds. The second kappa shape index (κ2) is 3.74. The van der Waals surface area contributed by atoms with Crippen LogP contribution in [0.4, 0.5) is 0 Å². The molecule has 0 saturated carbocycles. The molecule has 17 heavy (non-hydrogen) atoms. The maximum atomic E-state index is 5.69. The molecule has 0 N–H and O–H groups in total. The molecule has 0 aliphatic carbocycles. The van der Waals surface area contributed by atoms with Crippen LogP contribution in [0.25, 0.3) is 0 Å². The molecule has 0 radical (unpaired) electrons. The van der Waals surface area contributed by atoms with Gasteiger partial charge in [-0.2, -0.15) is 0 Å². The molecule has 2 rings (SSSR count). The molecule has 1 aliphatic rings. The van der Waals surface area contributed by atoms with Crippen molar-refractivity contribution in [2.24, 2.45) is 0 Å². The van der Waals surface area contributed by atoms with E-state index in [2.05, 4.69) is 46.8 Å².